The monoisotopic (exact) mass is 349 g/mol. The van der Waals surface area contributed by atoms with Crippen LogP contribution in [-0.2, 0) is 0 Å². The molecular formula is C14H12BrN3O3. The summed E-state index contributed by atoms with van der Waals surface area (Å²) >= 11 is 3.36. The Morgan fingerprint density at radius 1 is 1.10 bits per heavy atom. The molecule has 2 aromatic rings. The SMILES string of the molecule is Cc1cc(Br)cc(NC(=O)Nc2ccc([N+](=O)[O-])cc2)c1. The van der Waals surface area contributed by atoms with Crippen molar-refractivity contribution in [2.24, 2.45) is 0 Å². The van der Waals surface area contributed by atoms with E-state index in [1.54, 1.807) is 6.07 Å². The summed E-state index contributed by atoms with van der Waals surface area (Å²) in [6, 6.07) is 10.7. The van der Waals surface area contributed by atoms with Crippen molar-refractivity contribution in [1.29, 1.82) is 0 Å². The molecule has 0 heterocycles. The van der Waals surface area contributed by atoms with E-state index in [0.717, 1.165) is 10.0 Å². The summed E-state index contributed by atoms with van der Waals surface area (Å²) in [5.41, 5.74) is 2.12. The highest BCUT2D eigenvalue weighted by Crippen LogP contribution is 2.20. The van der Waals surface area contributed by atoms with E-state index < -0.39 is 11.0 Å². The van der Waals surface area contributed by atoms with E-state index in [-0.39, 0.29) is 5.69 Å². The number of nitro groups is 1. The van der Waals surface area contributed by atoms with Crippen molar-refractivity contribution < 1.29 is 9.72 Å². The zero-order valence-corrected chi connectivity index (χ0v) is 12.7. The van der Waals surface area contributed by atoms with Crippen LogP contribution in [0.5, 0.6) is 0 Å². The number of benzene rings is 2. The average Bonchev–Trinajstić information content (AvgIpc) is 2.37. The molecule has 0 unspecified atom stereocenters. The van der Waals surface area contributed by atoms with Crippen LogP contribution < -0.4 is 10.6 Å². The number of urea groups is 1. The Balaban J connectivity index is 2.02. The molecule has 7 heteroatoms. The van der Waals surface area contributed by atoms with Crippen molar-refractivity contribution in [1.82, 2.24) is 0 Å². The predicted molar refractivity (Wildman–Crippen MR) is 84.6 cm³/mol. The third-order valence-corrected chi connectivity index (χ3v) is 3.09. The number of nitrogens with one attached hydrogen (secondary N) is 2. The van der Waals surface area contributed by atoms with Gasteiger partial charge in [0.05, 0.1) is 4.92 Å². The maximum absolute atomic E-state index is 11.9. The molecule has 0 atom stereocenters. The molecule has 21 heavy (non-hydrogen) atoms. The first-order valence-corrected chi connectivity index (χ1v) is 6.83. The minimum atomic E-state index is -0.492. The van der Waals surface area contributed by atoms with Gasteiger partial charge in [-0.05, 0) is 42.8 Å². The van der Waals surface area contributed by atoms with Crippen molar-refractivity contribution in [3.8, 4) is 0 Å². The molecule has 0 radical (unpaired) electrons. The van der Waals surface area contributed by atoms with Gasteiger partial charge in [-0.25, -0.2) is 4.79 Å². The van der Waals surface area contributed by atoms with E-state index in [1.165, 1.54) is 24.3 Å². The summed E-state index contributed by atoms with van der Waals surface area (Å²) in [6.07, 6.45) is 0. The third kappa shape index (κ3) is 4.28. The van der Waals surface area contributed by atoms with Gasteiger partial charge in [-0.3, -0.25) is 10.1 Å². The van der Waals surface area contributed by atoms with Crippen molar-refractivity contribution in [2.45, 2.75) is 6.92 Å². The molecule has 6 nitrogen and oxygen atoms in total. The van der Waals surface area contributed by atoms with Crippen LogP contribution in [0.25, 0.3) is 0 Å². The third-order valence-electron chi connectivity index (χ3n) is 2.64. The Labute approximate surface area is 129 Å². The number of non-ortho nitro benzene ring substituents is 1. The summed E-state index contributed by atoms with van der Waals surface area (Å²) < 4.78 is 0.869. The van der Waals surface area contributed by atoms with E-state index >= 15 is 0 Å². The molecule has 0 saturated heterocycles. The topological polar surface area (TPSA) is 84.3 Å². The van der Waals surface area contributed by atoms with Gasteiger partial charge in [-0.1, -0.05) is 15.9 Å². The second kappa shape index (κ2) is 6.36. The fourth-order valence-corrected chi connectivity index (χ4v) is 2.38. The minimum Gasteiger partial charge on any atom is -0.308 e. The number of anilines is 2. The van der Waals surface area contributed by atoms with Crippen molar-refractivity contribution in [3.63, 3.8) is 0 Å². The summed E-state index contributed by atoms with van der Waals surface area (Å²) in [5.74, 6) is 0. The molecule has 0 saturated carbocycles. The maximum Gasteiger partial charge on any atom is 0.323 e. The summed E-state index contributed by atoms with van der Waals surface area (Å²) in [6.45, 7) is 1.92. The van der Waals surface area contributed by atoms with Crippen molar-refractivity contribution in [2.75, 3.05) is 10.6 Å². The van der Waals surface area contributed by atoms with Gasteiger partial charge in [0.25, 0.3) is 5.69 Å². The van der Waals surface area contributed by atoms with Crippen LogP contribution in [0.15, 0.2) is 46.9 Å². The minimum absolute atomic E-state index is 0.0245. The molecular weight excluding hydrogens is 338 g/mol. The fraction of sp³-hybridized carbons (Fsp3) is 0.0714. The Hall–Kier alpha value is -2.41. The van der Waals surface area contributed by atoms with Gasteiger partial charge in [-0.2, -0.15) is 0 Å². The van der Waals surface area contributed by atoms with Gasteiger partial charge >= 0.3 is 6.03 Å². The van der Waals surface area contributed by atoms with E-state index in [0.29, 0.717) is 11.4 Å². The molecule has 0 aromatic heterocycles. The lowest BCUT2D eigenvalue weighted by Crippen LogP contribution is -2.19. The van der Waals surface area contributed by atoms with E-state index in [2.05, 4.69) is 26.6 Å². The number of aryl methyl sites for hydroxylation is 1. The van der Waals surface area contributed by atoms with Crippen LogP contribution in [0.2, 0.25) is 0 Å². The van der Waals surface area contributed by atoms with Gasteiger partial charge in [0.1, 0.15) is 0 Å². The lowest BCUT2D eigenvalue weighted by Gasteiger charge is -2.08. The van der Waals surface area contributed by atoms with E-state index in [4.69, 9.17) is 0 Å². The number of carbonyl (C=O) groups is 1. The Bertz CT molecular complexity index is 666. The zero-order valence-electron chi connectivity index (χ0n) is 11.1. The molecule has 0 aliphatic carbocycles. The van der Waals surface area contributed by atoms with Crippen LogP contribution in [-0.4, -0.2) is 11.0 Å². The first-order valence-electron chi connectivity index (χ1n) is 6.04. The second-order valence-corrected chi connectivity index (χ2v) is 5.32. The molecule has 2 N–H and O–H groups in total. The highest BCUT2D eigenvalue weighted by Gasteiger charge is 2.07. The first kappa shape index (κ1) is 15.0. The highest BCUT2D eigenvalue weighted by atomic mass is 79.9. The number of hydrogen-bond donors (Lipinski definition) is 2. The zero-order chi connectivity index (χ0) is 15.4. The van der Waals surface area contributed by atoms with E-state index in [9.17, 15) is 14.9 Å². The van der Waals surface area contributed by atoms with Crippen molar-refractivity contribution >= 4 is 39.0 Å². The molecule has 0 fully saturated rings. The standard InChI is InChI=1S/C14H12BrN3O3/c1-9-6-10(15)8-12(7-9)17-14(19)16-11-2-4-13(5-3-11)18(20)21/h2-8H,1H3,(H2,16,17,19). The van der Waals surface area contributed by atoms with Gasteiger partial charge < -0.3 is 10.6 Å². The Morgan fingerprint density at radius 2 is 1.71 bits per heavy atom. The van der Waals surface area contributed by atoms with Crippen LogP contribution in [0, 0.1) is 17.0 Å². The van der Waals surface area contributed by atoms with E-state index in [1.807, 2.05) is 19.1 Å². The summed E-state index contributed by atoms with van der Waals surface area (Å²) in [7, 11) is 0. The lowest BCUT2D eigenvalue weighted by molar-refractivity contribution is -0.384. The maximum atomic E-state index is 11.9. The van der Waals surface area contributed by atoms with Gasteiger partial charge in [0, 0.05) is 28.0 Å². The fourth-order valence-electron chi connectivity index (χ4n) is 1.77. The van der Waals surface area contributed by atoms with Crippen LogP contribution in [0.3, 0.4) is 0 Å². The van der Waals surface area contributed by atoms with Crippen LogP contribution in [0.1, 0.15) is 5.56 Å². The summed E-state index contributed by atoms with van der Waals surface area (Å²) in [4.78, 5) is 21.9. The molecule has 108 valence electrons. The van der Waals surface area contributed by atoms with Gasteiger partial charge in [-0.15, -0.1) is 0 Å². The number of nitro benzene ring substituents is 1. The number of nitrogens with zero attached hydrogens (tertiary/aromatic N) is 1. The molecule has 0 aliphatic rings. The number of hydrogen-bond acceptors (Lipinski definition) is 3. The smallest absolute Gasteiger partial charge is 0.308 e. The molecule has 2 rings (SSSR count). The normalized spacial score (nSPS) is 10.0. The average molecular weight is 350 g/mol. The largest absolute Gasteiger partial charge is 0.323 e. The number of amides is 2. The van der Waals surface area contributed by atoms with Gasteiger partial charge in [0.2, 0.25) is 0 Å². The van der Waals surface area contributed by atoms with Crippen molar-refractivity contribution in [3.05, 3.63) is 62.6 Å². The van der Waals surface area contributed by atoms with Crippen LogP contribution >= 0.6 is 15.9 Å². The lowest BCUT2D eigenvalue weighted by atomic mass is 10.2. The molecule has 2 amide bonds. The molecule has 2 aromatic carbocycles. The number of carbonyl (C=O) groups excluding carboxylic acids is 1. The number of rotatable bonds is 3. The Morgan fingerprint density at radius 3 is 2.29 bits per heavy atom. The predicted octanol–water partition coefficient (Wildman–Crippen LogP) is 4.31. The second-order valence-electron chi connectivity index (χ2n) is 4.40. The molecule has 0 aliphatic heterocycles. The van der Waals surface area contributed by atoms with Gasteiger partial charge in [0.15, 0.2) is 0 Å². The Kier molecular flexibility index (Phi) is 4.54. The first-order chi connectivity index (χ1) is 9.94. The molecule has 0 bridgehead atoms. The quantitative estimate of drug-likeness (QED) is 0.639. The molecule has 0 spiro atoms. The highest BCUT2D eigenvalue weighted by molar-refractivity contribution is 9.10. The summed E-state index contributed by atoms with van der Waals surface area (Å²) in [5, 5.41) is 15.8. The number of halogens is 1. The van der Waals surface area contributed by atoms with Crippen LogP contribution in [0.4, 0.5) is 21.9 Å².